The summed E-state index contributed by atoms with van der Waals surface area (Å²) in [6.07, 6.45) is 50.6. The monoisotopic (exact) mass is 763 g/mol. The lowest BCUT2D eigenvalue weighted by atomic mass is 9.78. The second-order valence-electron chi connectivity index (χ2n) is 17.2. The van der Waals surface area contributed by atoms with Crippen LogP contribution in [-0.4, -0.2) is 25.2 Å². The van der Waals surface area contributed by atoms with Crippen molar-refractivity contribution in [2.24, 2.45) is 11.8 Å². The zero-order chi connectivity index (χ0) is 39.4. The van der Waals surface area contributed by atoms with Crippen LogP contribution in [0.3, 0.4) is 0 Å². The molecule has 4 nitrogen and oxygen atoms in total. The molecule has 0 aliphatic rings. The predicted molar refractivity (Wildman–Crippen MR) is 236 cm³/mol. The summed E-state index contributed by atoms with van der Waals surface area (Å²) in [6.45, 7) is 10.3. The van der Waals surface area contributed by atoms with E-state index < -0.39 is 0 Å². The second-order valence-corrected chi connectivity index (χ2v) is 17.2. The zero-order valence-electron chi connectivity index (χ0n) is 37.5. The highest BCUT2D eigenvalue weighted by Gasteiger charge is 2.21. The highest BCUT2D eigenvalue weighted by Crippen LogP contribution is 2.34. The molecule has 0 aromatic carbocycles. The molecular formula is C50H98O4. The third-order valence-corrected chi connectivity index (χ3v) is 12.0. The normalized spacial score (nSPS) is 12.6. The van der Waals surface area contributed by atoms with Crippen LogP contribution in [0, 0.1) is 11.8 Å². The maximum Gasteiger partial charge on any atom is 0.305 e. The molecule has 0 fully saturated rings. The summed E-state index contributed by atoms with van der Waals surface area (Å²) in [5, 5.41) is 0. The number of carbonyl (C=O) groups is 2. The lowest BCUT2D eigenvalue weighted by Gasteiger charge is -2.28. The van der Waals surface area contributed by atoms with Gasteiger partial charge in [-0.2, -0.15) is 0 Å². The molecule has 0 amide bonds. The average molecular weight is 763 g/mol. The lowest BCUT2D eigenvalue weighted by molar-refractivity contribution is -0.144. The van der Waals surface area contributed by atoms with Crippen molar-refractivity contribution < 1.29 is 19.1 Å². The standard InChI is InChI=1S/C50H98O4/c1-5-9-13-17-19-23-31-39-47(41-33-25-21-27-35-43-49(51)53-45-37-29-15-11-7-3)48(40-32-24-20-18-14-10-6-2)42-34-26-22-28-36-44-50(52)54-46-38-30-16-12-8-4/h47-48H,5-46H2,1-4H3. The van der Waals surface area contributed by atoms with Crippen molar-refractivity contribution >= 4 is 11.9 Å². The van der Waals surface area contributed by atoms with Gasteiger partial charge >= 0.3 is 11.9 Å². The Morgan fingerprint density at radius 1 is 0.296 bits per heavy atom. The molecule has 0 saturated heterocycles. The first kappa shape index (κ1) is 52.9. The molecule has 0 radical (unpaired) electrons. The van der Waals surface area contributed by atoms with Crippen LogP contribution in [-0.2, 0) is 19.1 Å². The van der Waals surface area contributed by atoms with Crippen molar-refractivity contribution in [3.8, 4) is 0 Å². The first-order valence-corrected chi connectivity index (χ1v) is 24.9. The minimum Gasteiger partial charge on any atom is -0.466 e. The van der Waals surface area contributed by atoms with Gasteiger partial charge in [0, 0.05) is 12.8 Å². The number of rotatable bonds is 45. The molecule has 322 valence electrons. The van der Waals surface area contributed by atoms with Crippen molar-refractivity contribution in [2.45, 2.75) is 285 Å². The van der Waals surface area contributed by atoms with Gasteiger partial charge in [-0.3, -0.25) is 9.59 Å². The molecule has 0 spiro atoms. The Bertz CT molecular complexity index is 689. The molecule has 0 bridgehead atoms. The van der Waals surface area contributed by atoms with Crippen LogP contribution < -0.4 is 0 Å². The quantitative estimate of drug-likeness (QED) is 0.0458. The fraction of sp³-hybridized carbons (Fsp3) is 0.960. The van der Waals surface area contributed by atoms with E-state index in [1.807, 2.05) is 0 Å². The molecule has 4 heteroatoms. The first-order valence-electron chi connectivity index (χ1n) is 24.9. The number of carbonyl (C=O) groups excluding carboxylic acids is 2. The number of ether oxygens (including phenoxy) is 2. The highest BCUT2D eigenvalue weighted by molar-refractivity contribution is 5.69. The van der Waals surface area contributed by atoms with E-state index in [9.17, 15) is 9.59 Å². The van der Waals surface area contributed by atoms with E-state index in [0.29, 0.717) is 26.1 Å². The van der Waals surface area contributed by atoms with E-state index >= 15 is 0 Å². The van der Waals surface area contributed by atoms with Gasteiger partial charge in [-0.15, -0.1) is 0 Å². The van der Waals surface area contributed by atoms with E-state index in [1.165, 1.54) is 205 Å². The van der Waals surface area contributed by atoms with Gasteiger partial charge in [0.15, 0.2) is 0 Å². The van der Waals surface area contributed by atoms with E-state index in [-0.39, 0.29) is 11.9 Å². The van der Waals surface area contributed by atoms with Gasteiger partial charge in [0.2, 0.25) is 0 Å². The van der Waals surface area contributed by atoms with E-state index in [4.69, 9.17) is 9.47 Å². The smallest absolute Gasteiger partial charge is 0.305 e. The van der Waals surface area contributed by atoms with Crippen LogP contribution in [0.2, 0.25) is 0 Å². The molecule has 0 rings (SSSR count). The molecule has 2 unspecified atom stereocenters. The fourth-order valence-corrected chi connectivity index (χ4v) is 8.30. The largest absolute Gasteiger partial charge is 0.466 e. The Morgan fingerprint density at radius 2 is 0.519 bits per heavy atom. The summed E-state index contributed by atoms with van der Waals surface area (Å²) in [5.74, 6) is 1.79. The summed E-state index contributed by atoms with van der Waals surface area (Å²) in [7, 11) is 0. The van der Waals surface area contributed by atoms with Crippen molar-refractivity contribution in [1.82, 2.24) is 0 Å². The number of hydrogen-bond donors (Lipinski definition) is 0. The van der Waals surface area contributed by atoms with Crippen molar-refractivity contribution in [3.05, 3.63) is 0 Å². The fourth-order valence-electron chi connectivity index (χ4n) is 8.30. The molecule has 0 aliphatic carbocycles. The maximum absolute atomic E-state index is 12.2. The Kier molecular flexibility index (Phi) is 43.8. The van der Waals surface area contributed by atoms with Crippen LogP contribution in [0.1, 0.15) is 285 Å². The number of esters is 2. The zero-order valence-corrected chi connectivity index (χ0v) is 37.5. The average Bonchev–Trinajstić information content (AvgIpc) is 3.17. The molecule has 54 heavy (non-hydrogen) atoms. The van der Waals surface area contributed by atoms with E-state index in [1.54, 1.807) is 0 Å². The molecular weight excluding hydrogens is 665 g/mol. The molecule has 0 saturated carbocycles. The van der Waals surface area contributed by atoms with Crippen molar-refractivity contribution in [2.75, 3.05) is 13.2 Å². The van der Waals surface area contributed by atoms with Crippen LogP contribution >= 0.6 is 0 Å². The topological polar surface area (TPSA) is 52.6 Å². The Labute approximate surface area is 339 Å². The summed E-state index contributed by atoms with van der Waals surface area (Å²) in [5.41, 5.74) is 0. The minimum atomic E-state index is 0.0134. The van der Waals surface area contributed by atoms with Gasteiger partial charge in [0.25, 0.3) is 0 Å². The summed E-state index contributed by atoms with van der Waals surface area (Å²) in [4.78, 5) is 24.3. The molecule has 0 heterocycles. The van der Waals surface area contributed by atoms with Gasteiger partial charge in [-0.1, -0.05) is 246 Å². The molecule has 2 atom stereocenters. The van der Waals surface area contributed by atoms with Gasteiger partial charge in [-0.25, -0.2) is 0 Å². The number of unbranched alkanes of at least 4 members (excludes halogenated alkanes) is 28. The van der Waals surface area contributed by atoms with Gasteiger partial charge in [0.05, 0.1) is 13.2 Å². The minimum absolute atomic E-state index is 0.0134. The third kappa shape index (κ3) is 39.2. The maximum atomic E-state index is 12.2. The Morgan fingerprint density at radius 3 is 0.796 bits per heavy atom. The van der Waals surface area contributed by atoms with Gasteiger partial charge in [-0.05, 0) is 37.5 Å². The van der Waals surface area contributed by atoms with Gasteiger partial charge < -0.3 is 9.47 Å². The number of hydrogen-bond acceptors (Lipinski definition) is 4. The summed E-state index contributed by atoms with van der Waals surface area (Å²) < 4.78 is 11.0. The van der Waals surface area contributed by atoms with E-state index in [2.05, 4.69) is 27.7 Å². The summed E-state index contributed by atoms with van der Waals surface area (Å²) in [6, 6.07) is 0. The van der Waals surface area contributed by atoms with Crippen LogP contribution in [0.4, 0.5) is 0 Å². The molecule has 0 aromatic heterocycles. The lowest BCUT2D eigenvalue weighted by Crippen LogP contribution is -2.16. The Hall–Kier alpha value is -1.06. The predicted octanol–water partition coefficient (Wildman–Crippen LogP) is 17.0. The third-order valence-electron chi connectivity index (χ3n) is 12.0. The van der Waals surface area contributed by atoms with Crippen LogP contribution in [0.5, 0.6) is 0 Å². The van der Waals surface area contributed by atoms with Crippen LogP contribution in [0.25, 0.3) is 0 Å². The van der Waals surface area contributed by atoms with Crippen LogP contribution in [0.15, 0.2) is 0 Å². The molecule has 0 aromatic rings. The van der Waals surface area contributed by atoms with Crippen molar-refractivity contribution in [1.29, 1.82) is 0 Å². The summed E-state index contributed by atoms with van der Waals surface area (Å²) >= 11 is 0. The molecule has 0 aliphatic heterocycles. The van der Waals surface area contributed by atoms with E-state index in [0.717, 1.165) is 50.4 Å². The first-order chi connectivity index (χ1) is 26.6. The van der Waals surface area contributed by atoms with Crippen molar-refractivity contribution in [3.63, 3.8) is 0 Å². The second kappa shape index (κ2) is 44.7. The SMILES string of the molecule is CCCCCCCCCC(CCCCCCCC(=O)OCCCCCCC)C(CCCCCCCCC)CCCCCCCC(=O)OCCCCCCC. The molecule has 0 N–H and O–H groups in total. The Balaban J connectivity index is 4.78. The highest BCUT2D eigenvalue weighted by atomic mass is 16.5. The van der Waals surface area contributed by atoms with Gasteiger partial charge in [0.1, 0.15) is 0 Å².